The van der Waals surface area contributed by atoms with Crippen LogP contribution in [0.15, 0.2) is 18.2 Å². The summed E-state index contributed by atoms with van der Waals surface area (Å²) < 4.78 is 27.5. The number of hydrogen-bond acceptors (Lipinski definition) is 4. The van der Waals surface area contributed by atoms with Gasteiger partial charge in [-0.05, 0) is 31.5 Å². The molecule has 2 heterocycles. The van der Waals surface area contributed by atoms with Gasteiger partial charge in [0, 0.05) is 36.3 Å². The molecule has 0 unspecified atom stereocenters. The van der Waals surface area contributed by atoms with Crippen LogP contribution in [0.4, 0.5) is 8.78 Å². The Balaban J connectivity index is 1.56. The van der Waals surface area contributed by atoms with Crippen LogP contribution in [-0.2, 0) is 11.3 Å². The summed E-state index contributed by atoms with van der Waals surface area (Å²) in [5, 5.41) is 6.21. The average molecular weight is 341 g/mol. The number of benzene rings is 1. The predicted octanol–water partition coefficient (Wildman–Crippen LogP) is 1.71. The van der Waals surface area contributed by atoms with Crippen molar-refractivity contribution in [2.75, 3.05) is 24.7 Å². The molecule has 2 aliphatic rings. The molecule has 2 aliphatic heterocycles. The predicted molar refractivity (Wildman–Crippen MR) is 87.0 cm³/mol. The highest BCUT2D eigenvalue weighted by Crippen LogP contribution is 2.19. The lowest BCUT2D eigenvalue weighted by atomic mass is 10.0. The molecule has 0 bridgehead atoms. The lowest BCUT2D eigenvalue weighted by Gasteiger charge is -2.33. The first-order chi connectivity index (χ1) is 11.1. The van der Waals surface area contributed by atoms with Crippen molar-refractivity contribution in [2.45, 2.75) is 31.5 Å². The first-order valence-electron chi connectivity index (χ1n) is 7.90. The van der Waals surface area contributed by atoms with Gasteiger partial charge in [-0.1, -0.05) is 6.07 Å². The number of amides is 1. The highest BCUT2D eigenvalue weighted by molar-refractivity contribution is 7.99. The molecule has 0 aromatic heterocycles. The van der Waals surface area contributed by atoms with Gasteiger partial charge >= 0.3 is 0 Å². The van der Waals surface area contributed by atoms with E-state index < -0.39 is 11.6 Å². The van der Waals surface area contributed by atoms with E-state index in [1.807, 2.05) is 4.90 Å². The molecule has 0 spiro atoms. The standard InChI is InChI=1S/C16H21F2N3OS/c17-13-4-1-5-14(18)12(13)8-21-6-2-3-11(7-21)20-16(22)15-9-23-10-19-15/h1,4-5,11,15,19H,2-3,6-10H2,(H,20,22)/t11-,15+/m0/s1. The van der Waals surface area contributed by atoms with Crippen LogP contribution in [-0.4, -0.2) is 47.6 Å². The Morgan fingerprint density at radius 1 is 1.39 bits per heavy atom. The summed E-state index contributed by atoms with van der Waals surface area (Å²) in [6.45, 7) is 1.65. The maximum Gasteiger partial charge on any atom is 0.238 e. The molecule has 126 valence electrons. The number of hydrogen-bond donors (Lipinski definition) is 2. The summed E-state index contributed by atoms with van der Waals surface area (Å²) in [5.41, 5.74) is 0.105. The first kappa shape index (κ1) is 16.7. The van der Waals surface area contributed by atoms with Crippen LogP contribution < -0.4 is 10.6 Å². The molecule has 23 heavy (non-hydrogen) atoms. The molecule has 0 saturated carbocycles. The second kappa shape index (κ2) is 7.59. The topological polar surface area (TPSA) is 44.4 Å². The highest BCUT2D eigenvalue weighted by atomic mass is 32.2. The molecule has 1 aromatic rings. The maximum absolute atomic E-state index is 13.8. The fourth-order valence-electron chi connectivity index (χ4n) is 3.09. The van der Waals surface area contributed by atoms with Crippen molar-refractivity contribution >= 4 is 17.7 Å². The molecular formula is C16H21F2N3OS. The molecular weight excluding hydrogens is 320 g/mol. The monoisotopic (exact) mass is 341 g/mol. The number of carbonyl (C=O) groups excluding carboxylic acids is 1. The fourth-order valence-corrected chi connectivity index (χ4v) is 4.03. The van der Waals surface area contributed by atoms with Gasteiger partial charge in [0.2, 0.25) is 5.91 Å². The van der Waals surface area contributed by atoms with Gasteiger partial charge < -0.3 is 5.32 Å². The molecule has 0 aliphatic carbocycles. The van der Waals surface area contributed by atoms with Crippen LogP contribution in [0, 0.1) is 11.6 Å². The van der Waals surface area contributed by atoms with Crippen LogP contribution in [0.5, 0.6) is 0 Å². The summed E-state index contributed by atoms with van der Waals surface area (Å²) >= 11 is 1.71. The Bertz CT molecular complexity index is 546. The highest BCUT2D eigenvalue weighted by Gasteiger charge is 2.27. The Morgan fingerprint density at radius 2 is 2.17 bits per heavy atom. The van der Waals surface area contributed by atoms with Crippen molar-refractivity contribution in [1.82, 2.24) is 15.5 Å². The Morgan fingerprint density at radius 3 is 2.87 bits per heavy atom. The molecule has 1 aromatic carbocycles. The van der Waals surface area contributed by atoms with E-state index in [9.17, 15) is 13.6 Å². The van der Waals surface area contributed by atoms with E-state index in [1.54, 1.807) is 11.8 Å². The number of thioether (sulfide) groups is 1. The van der Waals surface area contributed by atoms with E-state index in [1.165, 1.54) is 18.2 Å². The third-order valence-electron chi connectivity index (χ3n) is 4.33. The van der Waals surface area contributed by atoms with Crippen LogP contribution >= 0.6 is 11.8 Å². The molecule has 2 fully saturated rings. The van der Waals surface area contributed by atoms with Gasteiger partial charge in [-0.15, -0.1) is 11.8 Å². The minimum Gasteiger partial charge on any atom is -0.351 e. The molecule has 2 N–H and O–H groups in total. The summed E-state index contributed by atoms with van der Waals surface area (Å²) in [7, 11) is 0. The molecule has 2 atom stereocenters. The number of rotatable bonds is 4. The Labute approximate surface area is 139 Å². The number of likely N-dealkylation sites (tertiary alicyclic amines) is 1. The number of halogens is 2. The van der Waals surface area contributed by atoms with Gasteiger partial charge in [0.1, 0.15) is 11.6 Å². The normalized spacial score (nSPS) is 25.5. The van der Waals surface area contributed by atoms with Crippen LogP contribution in [0.1, 0.15) is 18.4 Å². The average Bonchev–Trinajstić information content (AvgIpc) is 3.06. The van der Waals surface area contributed by atoms with E-state index in [2.05, 4.69) is 10.6 Å². The minimum absolute atomic E-state index is 0.0268. The summed E-state index contributed by atoms with van der Waals surface area (Å²) in [4.78, 5) is 14.2. The molecule has 2 saturated heterocycles. The molecule has 0 radical (unpaired) electrons. The van der Waals surface area contributed by atoms with Crippen LogP contribution in [0.25, 0.3) is 0 Å². The van der Waals surface area contributed by atoms with Gasteiger partial charge in [-0.3, -0.25) is 15.0 Å². The van der Waals surface area contributed by atoms with Crippen LogP contribution in [0.3, 0.4) is 0 Å². The number of nitrogens with one attached hydrogen (secondary N) is 2. The molecule has 4 nitrogen and oxygen atoms in total. The lowest BCUT2D eigenvalue weighted by molar-refractivity contribution is -0.123. The van der Waals surface area contributed by atoms with Crippen molar-refractivity contribution in [3.63, 3.8) is 0 Å². The van der Waals surface area contributed by atoms with Gasteiger partial charge in [-0.2, -0.15) is 0 Å². The second-order valence-electron chi connectivity index (χ2n) is 6.05. The smallest absolute Gasteiger partial charge is 0.238 e. The quantitative estimate of drug-likeness (QED) is 0.875. The van der Waals surface area contributed by atoms with Crippen LogP contribution in [0.2, 0.25) is 0 Å². The third kappa shape index (κ3) is 4.22. The molecule has 3 rings (SSSR count). The van der Waals surface area contributed by atoms with E-state index in [4.69, 9.17) is 0 Å². The third-order valence-corrected chi connectivity index (χ3v) is 5.27. The zero-order valence-corrected chi connectivity index (χ0v) is 13.7. The van der Waals surface area contributed by atoms with Crippen molar-refractivity contribution in [3.05, 3.63) is 35.4 Å². The molecule has 7 heteroatoms. The van der Waals surface area contributed by atoms with Crippen molar-refractivity contribution in [2.24, 2.45) is 0 Å². The SMILES string of the molecule is O=C(N[C@H]1CCCN(Cc2c(F)cccc2F)C1)[C@H]1CSCN1. The number of piperidine rings is 1. The van der Waals surface area contributed by atoms with Gasteiger partial charge in [0.25, 0.3) is 0 Å². The largest absolute Gasteiger partial charge is 0.351 e. The molecule has 1 amide bonds. The maximum atomic E-state index is 13.8. The van der Waals surface area contributed by atoms with Gasteiger partial charge in [-0.25, -0.2) is 8.78 Å². The summed E-state index contributed by atoms with van der Waals surface area (Å²) in [6.07, 6.45) is 1.82. The van der Waals surface area contributed by atoms with E-state index in [0.29, 0.717) is 6.54 Å². The second-order valence-corrected chi connectivity index (χ2v) is 7.09. The lowest BCUT2D eigenvalue weighted by Crippen LogP contribution is -2.52. The zero-order valence-electron chi connectivity index (χ0n) is 12.9. The van der Waals surface area contributed by atoms with E-state index in [0.717, 1.165) is 31.0 Å². The van der Waals surface area contributed by atoms with E-state index in [-0.39, 0.29) is 30.1 Å². The number of carbonyl (C=O) groups is 1. The van der Waals surface area contributed by atoms with Gasteiger partial charge in [0.05, 0.1) is 6.04 Å². The minimum atomic E-state index is -0.511. The van der Waals surface area contributed by atoms with E-state index >= 15 is 0 Å². The zero-order chi connectivity index (χ0) is 16.2. The Hall–Kier alpha value is -1.18. The Kier molecular flexibility index (Phi) is 5.50. The van der Waals surface area contributed by atoms with Gasteiger partial charge in [0.15, 0.2) is 0 Å². The summed E-state index contributed by atoms with van der Waals surface area (Å²) in [5.74, 6) is 0.607. The van der Waals surface area contributed by atoms with Crippen molar-refractivity contribution in [1.29, 1.82) is 0 Å². The van der Waals surface area contributed by atoms with Crippen molar-refractivity contribution < 1.29 is 13.6 Å². The fraction of sp³-hybridized carbons (Fsp3) is 0.562. The number of nitrogens with zero attached hydrogens (tertiary/aromatic N) is 1. The van der Waals surface area contributed by atoms with Crippen molar-refractivity contribution in [3.8, 4) is 0 Å². The first-order valence-corrected chi connectivity index (χ1v) is 9.05. The summed E-state index contributed by atoms with van der Waals surface area (Å²) in [6, 6.07) is 3.86.